The summed E-state index contributed by atoms with van der Waals surface area (Å²) in [5, 5.41) is 4.66. The predicted molar refractivity (Wildman–Crippen MR) is 93.6 cm³/mol. The molecule has 1 N–H and O–H groups in total. The SMILES string of the molecule is CC(C)N1C[C@H](C(=O)NCc2sc3ccccc3c2Cl)CC1=O. The number of benzene rings is 1. The summed E-state index contributed by atoms with van der Waals surface area (Å²) in [6.45, 7) is 4.84. The van der Waals surface area contributed by atoms with Crippen LogP contribution in [0.4, 0.5) is 0 Å². The molecule has 6 heteroatoms. The number of fused-ring (bicyclic) bond motifs is 1. The van der Waals surface area contributed by atoms with Crippen molar-refractivity contribution in [3.05, 3.63) is 34.2 Å². The fraction of sp³-hybridized carbons (Fsp3) is 0.412. The normalized spacial score (nSPS) is 18.2. The molecule has 1 aliphatic rings. The largest absolute Gasteiger partial charge is 0.351 e. The van der Waals surface area contributed by atoms with Crippen molar-refractivity contribution < 1.29 is 9.59 Å². The van der Waals surface area contributed by atoms with Crippen molar-refractivity contribution in [2.75, 3.05) is 6.54 Å². The van der Waals surface area contributed by atoms with Crippen LogP contribution in [0, 0.1) is 5.92 Å². The van der Waals surface area contributed by atoms with Gasteiger partial charge in [0.2, 0.25) is 11.8 Å². The molecule has 0 radical (unpaired) electrons. The molecule has 122 valence electrons. The van der Waals surface area contributed by atoms with E-state index in [0.29, 0.717) is 24.5 Å². The lowest BCUT2D eigenvalue weighted by molar-refractivity contribution is -0.129. The number of rotatable bonds is 4. The second kappa shape index (κ2) is 6.49. The van der Waals surface area contributed by atoms with Crippen LogP contribution in [0.15, 0.2) is 24.3 Å². The van der Waals surface area contributed by atoms with Crippen molar-refractivity contribution >= 4 is 44.8 Å². The molecule has 23 heavy (non-hydrogen) atoms. The number of nitrogens with one attached hydrogen (secondary N) is 1. The summed E-state index contributed by atoms with van der Waals surface area (Å²) < 4.78 is 1.11. The molecule has 1 aliphatic heterocycles. The Labute approximate surface area is 144 Å². The van der Waals surface area contributed by atoms with E-state index in [9.17, 15) is 9.59 Å². The molecule has 1 atom stereocenters. The zero-order valence-corrected chi connectivity index (χ0v) is 14.7. The summed E-state index contributed by atoms with van der Waals surface area (Å²) in [7, 11) is 0. The van der Waals surface area contributed by atoms with Gasteiger partial charge in [-0.2, -0.15) is 0 Å². The number of thiophene rings is 1. The highest BCUT2D eigenvalue weighted by atomic mass is 35.5. The van der Waals surface area contributed by atoms with Crippen LogP contribution in [0.2, 0.25) is 5.02 Å². The monoisotopic (exact) mass is 350 g/mol. The highest BCUT2D eigenvalue weighted by Crippen LogP contribution is 2.35. The van der Waals surface area contributed by atoms with E-state index in [0.717, 1.165) is 15.0 Å². The second-order valence-corrected chi connectivity index (χ2v) is 7.61. The first-order chi connectivity index (χ1) is 11.0. The average Bonchev–Trinajstić information content (AvgIpc) is 3.06. The van der Waals surface area contributed by atoms with Gasteiger partial charge in [0, 0.05) is 34.0 Å². The highest BCUT2D eigenvalue weighted by molar-refractivity contribution is 7.19. The minimum Gasteiger partial charge on any atom is -0.351 e. The number of carbonyl (C=O) groups excluding carboxylic acids is 2. The smallest absolute Gasteiger partial charge is 0.225 e. The molecule has 2 amide bonds. The van der Waals surface area contributed by atoms with E-state index >= 15 is 0 Å². The number of hydrogen-bond donors (Lipinski definition) is 1. The summed E-state index contributed by atoms with van der Waals surface area (Å²) in [5.41, 5.74) is 0. The summed E-state index contributed by atoms with van der Waals surface area (Å²) in [4.78, 5) is 26.9. The topological polar surface area (TPSA) is 49.4 Å². The van der Waals surface area contributed by atoms with Crippen LogP contribution in [-0.2, 0) is 16.1 Å². The molecule has 0 unspecified atom stereocenters. The minimum atomic E-state index is -0.266. The van der Waals surface area contributed by atoms with Crippen LogP contribution >= 0.6 is 22.9 Å². The van der Waals surface area contributed by atoms with E-state index in [1.54, 1.807) is 16.2 Å². The Balaban J connectivity index is 1.65. The number of likely N-dealkylation sites (tertiary alicyclic amines) is 1. The van der Waals surface area contributed by atoms with E-state index in [1.807, 2.05) is 38.1 Å². The van der Waals surface area contributed by atoms with E-state index in [-0.39, 0.29) is 23.8 Å². The van der Waals surface area contributed by atoms with E-state index in [4.69, 9.17) is 11.6 Å². The quantitative estimate of drug-likeness (QED) is 0.918. The Bertz CT molecular complexity index is 756. The molecule has 3 rings (SSSR count). The molecule has 0 saturated carbocycles. The molecule has 1 aromatic carbocycles. The van der Waals surface area contributed by atoms with Gasteiger partial charge >= 0.3 is 0 Å². The van der Waals surface area contributed by atoms with Crippen LogP contribution in [-0.4, -0.2) is 29.3 Å². The van der Waals surface area contributed by atoms with Crippen LogP contribution in [0.1, 0.15) is 25.1 Å². The van der Waals surface area contributed by atoms with Crippen LogP contribution in [0.3, 0.4) is 0 Å². The first-order valence-electron chi connectivity index (χ1n) is 7.70. The fourth-order valence-electron chi connectivity index (χ4n) is 2.90. The number of nitrogens with zero attached hydrogens (tertiary/aromatic N) is 1. The summed E-state index contributed by atoms with van der Waals surface area (Å²) in [6, 6.07) is 8.07. The van der Waals surface area contributed by atoms with E-state index < -0.39 is 0 Å². The van der Waals surface area contributed by atoms with Gasteiger partial charge in [0.1, 0.15) is 0 Å². The van der Waals surface area contributed by atoms with Gasteiger partial charge in [0.25, 0.3) is 0 Å². The molecular weight excluding hydrogens is 332 g/mol. The molecule has 0 spiro atoms. The van der Waals surface area contributed by atoms with E-state index in [1.165, 1.54) is 0 Å². The maximum absolute atomic E-state index is 12.3. The molecule has 1 aromatic heterocycles. The summed E-state index contributed by atoms with van der Waals surface area (Å²) in [6.07, 6.45) is 0.296. The van der Waals surface area contributed by atoms with Crippen LogP contribution in [0.5, 0.6) is 0 Å². The lowest BCUT2D eigenvalue weighted by Crippen LogP contribution is -2.35. The third kappa shape index (κ3) is 3.21. The Kier molecular flexibility index (Phi) is 4.60. The number of hydrogen-bond acceptors (Lipinski definition) is 3. The maximum Gasteiger partial charge on any atom is 0.225 e. The van der Waals surface area contributed by atoms with Gasteiger partial charge in [-0.3, -0.25) is 9.59 Å². The Morgan fingerprint density at radius 2 is 2.17 bits per heavy atom. The molecule has 2 heterocycles. The molecule has 1 fully saturated rings. The van der Waals surface area contributed by atoms with Gasteiger partial charge in [0.15, 0.2) is 0 Å². The fourth-order valence-corrected chi connectivity index (χ4v) is 4.34. The zero-order chi connectivity index (χ0) is 16.6. The number of halogens is 1. The summed E-state index contributed by atoms with van der Waals surface area (Å²) in [5.74, 6) is -0.284. The van der Waals surface area contributed by atoms with Gasteiger partial charge in [-0.1, -0.05) is 29.8 Å². The average molecular weight is 351 g/mol. The minimum absolute atomic E-state index is 0.0556. The second-order valence-electron chi connectivity index (χ2n) is 6.09. The Morgan fingerprint density at radius 3 is 2.83 bits per heavy atom. The van der Waals surface area contributed by atoms with Gasteiger partial charge in [0.05, 0.1) is 17.5 Å². The molecule has 0 bridgehead atoms. The molecule has 2 aromatic rings. The van der Waals surface area contributed by atoms with Crippen molar-refractivity contribution in [3.8, 4) is 0 Å². The van der Waals surface area contributed by atoms with Crippen molar-refractivity contribution in [1.82, 2.24) is 10.2 Å². The molecule has 4 nitrogen and oxygen atoms in total. The first-order valence-corrected chi connectivity index (χ1v) is 8.90. The number of carbonyl (C=O) groups is 2. The van der Waals surface area contributed by atoms with E-state index in [2.05, 4.69) is 5.32 Å². The Morgan fingerprint density at radius 1 is 1.43 bits per heavy atom. The third-order valence-corrected chi connectivity index (χ3v) is 5.89. The van der Waals surface area contributed by atoms with Crippen molar-refractivity contribution in [1.29, 1.82) is 0 Å². The Hall–Kier alpha value is -1.59. The molecular formula is C17H19ClN2O2S. The van der Waals surface area contributed by atoms with Gasteiger partial charge < -0.3 is 10.2 Å². The zero-order valence-electron chi connectivity index (χ0n) is 13.1. The van der Waals surface area contributed by atoms with Crippen molar-refractivity contribution in [2.45, 2.75) is 32.9 Å². The van der Waals surface area contributed by atoms with Gasteiger partial charge in [-0.05, 0) is 19.9 Å². The lowest BCUT2D eigenvalue weighted by atomic mass is 10.1. The molecule has 1 saturated heterocycles. The number of amides is 2. The standard InChI is InChI=1S/C17H19ClN2O2S/c1-10(2)20-9-11(7-15(20)21)17(22)19-8-14-16(18)12-5-3-4-6-13(12)23-14/h3-6,10-11H,7-9H2,1-2H3,(H,19,22)/t11-/m1/s1. The third-order valence-electron chi connectivity index (χ3n) is 4.18. The van der Waals surface area contributed by atoms with Crippen molar-refractivity contribution in [3.63, 3.8) is 0 Å². The van der Waals surface area contributed by atoms with Gasteiger partial charge in [-0.25, -0.2) is 0 Å². The first kappa shape index (κ1) is 16.3. The van der Waals surface area contributed by atoms with Crippen LogP contribution < -0.4 is 5.32 Å². The van der Waals surface area contributed by atoms with Crippen LogP contribution in [0.25, 0.3) is 10.1 Å². The highest BCUT2D eigenvalue weighted by Gasteiger charge is 2.35. The summed E-state index contributed by atoms with van der Waals surface area (Å²) >= 11 is 7.98. The molecule has 0 aliphatic carbocycles. The predicted octanol–water partition coefficient (Wildman–Crippen LogP) is 3.43. The van der Waals surface area contributed by atoms with Crippen molar-refractivity contribution in [2.24, 2.45) is 5.92 Å². The maximum atomic E-state index is 12.3. The lowest BCUT2D eigenvalue weighted by Gasteiger charge is -2.20. The van der Waals surface area contributed by atoms with Gasteiger partial charge in [-0.15, -0.1) is 11.3 Å².